The Morgan fingerprint density at radius 1 is 1.24 bits per heavy atom. The van der Waals surface area contributed by atoms with Gasteiger partial charge in [0.1, 0.15) is 12.3 Å². The van der Waals surface area contributed by atoms with E-state index in [-0.39, 0.29) is 23.5 Å². The molecule has 0 aliphatic rings. The Morgan fingerprint density at radius 2 is 2.04 bits per heavy atom. The maximum Gasteiger partial charge on any atom is 0.272 e. The highest BCUT2D eigenvalue weighted by Crippen LogP contribution is 2.12. The van der Waals surface area contributed by atoms with Gasteiger partial charge in [0.2, 0.25) is 5.43 Å². The molecule has 1 aromatic carbocycles. The lowest BCUT2D eigenvalue weighted by molar-refractivity contribution is 0.102. The Labute approximate surface area is 148 Å². The van der Waals surface area contributed by atoms with E-state index in [0.29, 0.717) is 10.7 Å². The van der Waals surface area contributed by atoms with Crippen molar-refractivity contribution in [3.63, 3.8) is 0 Å². The second-order valence-corrected chi connectivity index (χ2v) is 5.62. The molecule has 3 rings (SSSR count). The lowest BCUT2D eigenvalue weighted by Gasteiger charge is -2.08. The normalized spacial score (nSPS) is 10.3. The van der Waals surface area contributed by atoms with Crippen molar-refractivity contribution in [1.29, 1.82) is 0 Å². The molecule has 0 unspecified atom stereocenters. The topological polar surface area (TPSA) is 84.1 Å². The van der Waals surface area contributed by atoms with Crippen molar-refractivity contribution < 1.29 is 9.53 Å². The van der Waals surface area contributed by atoms with E-state index >= 15 is 0 Å². The molecule has 0 aliphatic carbocycles. The molecule has 1 amide bonds. The Kier molecular flexibility index (Phi) is 5.11. The van der Waals surface area contributed by atoms with E-state index in [9.17, 15) is 9.59 Å². The summed E-state index contributed by atoms with van der Waals surface area (Å²) in [6, 6.07) is 11.7. The van der Waals surface area contributed by atoms with Gasteiger partial charge in [0, 0.05) is 23.5 Å². The van der Waals surface area contributed by atoms with Crippen LogP contribution in [0.25, 0.3) is 0 Å². The van der Waals surface area contributed by atoms with Crippen LogP contribution in [-0.4, -0.2) is 15.9 Å². The largest absolute Gasteiger partial charge is 0.483 e. The first kappa shape index (κ1) is 16.7. The van der Waals surface area contributed by atoms with Gasteiger partial charge in [0.05, 0.1) is 11.9 Å². The standard InChI is InChI=1S/C18H14ClN3O3/c19-13-5-3-12(4-6-13)11-25-17-10-21-15(8-16(17)23)18(24)22-14-2-1-7-20-9-14/h1-10H,11H2,(H,21,23)(H,22,24). The minimum atomic E-state index is -0.436. The van der Waals surface area contributed by atoms with Crippen molar-refractivity contribution in [3.05, 3.63) is 87.6 Å². The Morgan fingerprint density at radius 3 is 2.72 bits per heavy atom. The quantitative estimate of drug-likeness (QED) is 0.735. The van der Waals surface area contributed by atoms with Crippen LogP contribution in [0.1, 0.15) is 16.1 Å². The van der Waals surface area contributed by atoms with Gasteiger partial charge in [-0.2, -0.15) is 0 Å². The summed E-state index contributed by atoms with van der Waals surface area (Å²) >= 11 is 5.82. The Balaban J connectivity index is 1.67. The highest BCUT2D eigenvalue weighted by molar-refractivity contribution is 6.30. The number of halogens is 1. The fraction of sp³-hybridized carbons (Fsp3) is 0.0556. The van der Waals surface area contributed by atoms with Gasteiger partial charge in [0.15, 0.2) is 5.75 Å². The number of nitrogens with one attached hydrogen (secondary N) is 2. The molecule has 0 atom stereocenters. The first-order valence-electron chi connectivity index (χ1n) is 7.43. The zero-order chi connectivity index (χ0) is 17.6. The predicted octanol–water partition coefficient (Wildman–Crippen LogP) is 3.25. The average molecular weight is 356 g/mol. The maximum atomic E-state index is 12.1. The molecule has 0 fully saturated rings. The molecule has 126 valence electrons. The van der Waals surface area contributed by atoms with Gasteiger partial charge in [-0.25, -0.2) is 0 Å². The number of anilines is 1. The van der Waals surface area contributed by atoms with Crippen LogP contribution in [0, 0.1) is 0 Å². The predicted molar refractivity (Wildman–Crippen MR) is 95.0 cm³/mol. The minimum absolute atomic E-state index is 0.132. The van der Waals surface area contributed by atoms with Crippen molar-refractivity contribution in [2.45, 2.75) is 6.61 Å². The van der Waals surface area contributed by atoms with E-state index in [4.69, 9.17) is 16.3 Å². The fourth-order valence-corrected chi connectivity index (χ4v) is 2.21. The van der Waals surface area contributed by atoms with Crippen molar-refractivity contribution in [3.8, 4) is 5.75 Å². The van der Waals surface area contributed by atoms with Crippen LogP contribution in [0.4, 0.5) is 5.69 Å². The fourth-order valence-electron chi connectivity index (χ4n) is 2.08. The average Bonchev–Trinajstić information content (AvgIpc) is 2.63. The van der Waals surface area contributed by atoms with E-state index in [0.717, 1.165) is 5.56 Å². The molecule has 6 nitrogen and oxygen atoms in total. The number of nitrogens with zero attached hydrogens (tertiary/aromatic N) is 1. The monoisotopic (exact) mass is 355 g/mol. The number of carbonyl (C=O) groups excluding carboxylic acids is 1. The summed E-state index contributed by atoms with van der Waals surface area (Å²) in [6.45, 7) is 0.224. The van der Waals surface area contributed by atoms with Gasteiger partial charge in [-0.05, 0) is 29.8 Å². The first-order valence-corrected chi connectivity index (χ1v) is 7.81. The molecule has 0 radical (unpaired) electrons. The summed E-state index contributed by atoms with van der Waals surface area (Å²) in [6.07, 6.45) is 4.49. The van der Waals surface area contributed by atoms with Gasteiger partial charge >= 0.3 is 0 Å². The molecule has 2 N–H and O–H groups in total. The molecular formula is C18H14ClN3O3. The van der Waals surface area contributed by atoms with Gasteiger partial charge in [-0.1, -0.05) is 23.7 Å². The second kappa shape index (κ2) is 7.63. The number of hydrogen-bond donors (Lipinski definition) is 2. The number of aromatic nitrogens is 2. The maximum absolute atomic E-state index is 12.1. The zero-order valence-electron chi connectivity index (χ0n) is 13.0. The smallest absolute Gasteiger partial charge is 0.272 e. The van der Waals surface area contributed by atoms with Crippen LogP contribution in [0.5, 0.6) is 5.75 Å². The number of amides is 1. The van der Waals surface area contributed by atoms with Crippen molar-refractivity contribution in [2.24, 2.45) is 0 Å². The van der Waals surface area contributed by atoms with Crippen LogP contribution < -0.4 is 15.5 Å². The summed E-state index contributed by atoms with van der Waals surface area (Å²) in [5.74, 6) is -0.303. The highest BCUT2D eigenvalue weighted by Gasteiger charge is 2.10. The molecule has 0 bridgehead atoms. The van der Waals surface area contributed by atoms with E-state index in [2.05, 4.69) is 15.3 Å². The first-order chi connectivity index (χ1) is 12.1. The van der Waals surface area contributed by atoms with Crippen LogP contribution in [0.15, 0.2) is 65.8 Å². The number of hydrogen-bond acceptors (Lipinski definition) is 4. The summed E-state index contributed by atoms with van der Waals surface area (Å²) in [7, 11) is 0. The summed E-state index contributed by atoms with van der Waals surface area (Å²) in [4.78, 5) is 30.9. The van der Waals surface area contributed by atoms with Gasteiger partial charge in [-0.15, -0.1) is 0 Å². The van der Waals surface area contributed by atoms with Crippen molar-refractivity contribution >= 4 is 23.2 Å². The lowest BCUT2D eigenvalue weighted by Crippen LogP contribution is -2.17. The number of rotatable bonds is 5. The molecular weight excluding hydrogens is 342 g/mol. The molecule has 0 spiro atoms. The number of benzene rings is 1. The van der Waals surface area contributed by atoms with Crippen molar-refractivity contribution in [2.75, 3.05) is 5.32 Å². The summed E-state index contributed by atoms with van der Waals surface area (Å²) in [5.41, 5.74) is 1.16. The number of carbonyl (C=O) groups is 1. The molecule has 25 heavy (non-hydrogen) atoms. The Bertz CT molecular complexity index is 924. The van der Waals surface area contributed by atoms with Crippen LogP contribution >= 0.6 is 11.6 Å². The molecule has 2 heterocycles. The molecule has 0 saturated heterocycles. The molecule has 0 saturated carbocycles. The van der Waals surface area contributed by atoms with Gasteiger partial charge in [-0.3, -0.25) is 14.6 Å². The van der Waals surface area contributed by atoms with E-state index in [1.165, 1.54) is 18.5 Å². The third-order valence-corrected chi connectivity index (χ3v) is 3.60. The highest BCUT2D eigenvalue weighted by atomic mass is 35.5. The third-order valence-electron chi connectivity index (χ3n) is 3.35. The van der Waals surface area contributed by atoms with Crippen LogP contribution in [-0.2, 0) is 6.61 Å². The zero-order valence-corrected chi connectivity index (χ0v) is 13.8. The van der Waals surface area contributed by atoms with Gasteiger partial charge in [0.25, 0.3) is 5.91 Å². The summed E-state index contributed by atoms with van der Waals surface area (Å²) in [5, 5.41) is 3.27. The Hall–Kier alpha value is -3.12. The second-order valence-electron chi connectivity index (χ2n) is 5.19. The van der Waals surface area contributed by atoms with E-state index in [1.807, 2.05) is 12.1 Å². The SMILES string of the molecule is O=C(Nc1cccnc1)c1cc(=O)c(OCc2ccc(Cl)cc2)c[nH]1. The number of H-pyrrole nitrogens is 1. The third kappa shape index (κ3) is 4.45. The number of aromatic amines is 1. The molecule has 0 aliphatic heterocycles. The number of pyridine rings is 2. The lowest BCUT2D eigenvalue weighted by atomic mass is 10.2. The molecule has 2 aromatic heterocycles. The molecule has 3 aromatic rings. The number of ether oxygens (including phenoxy) is 1. The van der Waals surface area contributed by atoms with Crippen LogP contribution in [0.3, 0.4) is 0 Å². The van der Waals surface area contributed by atoms with E-state index < -0.39 is 5.91 Å². The van der Waals surface area contributed by atoms with Crippen LogP contribution in [0.2, 0.25) is 5.02 Å². The summed E-state index contributed by atoms with van der Waals surface area (Å²) < 4.78 is 5.49. The van der Waals surface area contributed by atoms with Crippen molar-refractivity contribution in [1.82, 2.24) is 9.97 Å². The van der Waals surface area contributed by atoms with Gasteiger partial charge < -0.3 is 15.0 Å². The minimum Gasteiger partial charge on any atom is -0.483 e. The van der Waals surface area contributed by atoms with E-state index in [1.54, 1.807) is 30.5 Å². The molecule has 7 heteroatoms.